The van der Waals surface area contributed by atoms with Crippen LogP contribution in [0.2, 0.25) is 0 Å². The third-order valence-corrected chi connectivity index (χ3v) is 5.10. The van der Waals surface area contributed by atoms with Gasteiger partial charge in [-0.05, 0) is 28.1 Å². The van der Waals surface area contributed by atoms with E-state index in [2.05, 4.69) is 26.2 Å². The molecule has 0 radical (unpaired) electrons. The first-order chi connectivity index (χ1) is 10.0. The zero-order chi connectivity index (χ0) is 15.2. The SMILES string of the molecule is O=C(O)Cc1csc(SCC(=O)Nc2ccccc2Br)n1. The predicted octanol–water partition coefficient (Wildman–Crippen LogP) is 3.26. The van der Waals surface area contributed by atoms with Gasteiger partial charge < -0.3 is 10.4 Å². The molecular weight excluding hydrogens is 376 g/mol. The maximum Gasteiger partial charge on any atom is 0.309 e. The molecule has 0 aliphatic heterocycles. The van der Waals surface area contributed by atoms with E-state index in [1.165, 1.54) is 23.1 Å². The molecule has 0 atom stereocenters. The molecule has 0 spiro atoms. The minimum Gasteiger partial charge on any atom is -0.481 e. The highest BCUT2D eigenvalue weighted by Gasteiger charge is 2.10. The van der Waals surface area contributed by atoms with Crippen molar-refractivity contribution in [2.24, 2.45) is 0 Å². The summed E-state index contributed by atoms with van der Waals surface area (Å²) in [6.45, 7) is 0. The fraction of sp³-hybridized carbons (Fsp3) is 0.154. The highest BCUT2D eigenvalue weighted by Crippen LogP contribution is 2.24. The molecular formula is C13H11BrN2O3S2. The minimum atomic E-state index is -0.913. The molecule has 1 aromatic carbocycles. The van der Waals surface area contributed by atoms with Crippen LogP contribution in [0.3, 0.4) is 0 Å². The number of halogens is 1. The van der Waals surface area contributed by atoms with E-state index in [-0.39, 0.29) is 18.1 Å². The van der Waals surface area contributed by atoms with Gasteiger partial charge in [-0.2, -0.15) is 0 Å². The van der Waals surface area contributed by atoms with Gasteiger partial charge in [0.1, 0.15) is 0 Å². The largest absolute Gasteiger partial charge is 0.481 e. The number of hydrogen-bond acceptors (Lipinski definition) is 5. The summed E-state index contributed by atoms with van der Waals surface area (Å²) in [5, 5.41) is 13.2. The Morgan fingerprint density at radius 2 is 2.14 bits per heavy atom. The van der Waals surface area contributed by atoms with Crippen molar-refractivity contribution in [3.8, 4) is 0 Å². The van der Waals surface area contributed by atoms with E-state index >= 15 is 0 Å². The first-order valence-electron chi connectivity index (χ1n) is 5.88. The van der Waals surface area contributed by atoms with Crippen LogP contribution in [0.1, 0.15) is 5.69 Å². The van der Waals surface area contributed by atoms with Crippen LogP contribution in [0.15, 0.2) is 38.5 Å². The summed E-state index contributed by atoms with van der Waals surface area (Å²) >= 11 is 5.99. The molecule has 21 heavy (non-hydrogen) atoms. The number of anilines is 1. The maximum atomic E-state index is 11.9. The van der Waals surface area contributed by atoms with Crippen LogP contribution in [0.25, 0.3) is 0 Å². The quantitative estimate of drug-likeness (QED) is 0.744. The second-order valence-electron chi connectivity index (χ2n) is 3.99. The van der Waals surface area contributed by atoms with Gasteiger partial charge in [-0.25, -0.2) is 4.98 Å². The van der Waals surface area contributed by atoms with Gasteiger partial charge in [0.05, 0.1) is 23.6 Å². The molecule has 2 aromatic rings. The van der Waals surface area contributed by atoms with Crippen molar-refractivity contribution in [3.63, 3.8) is 0 Å². The van der Waals surface area contributed by atoms with Crippen molar-refractivity contribution >= 4 is 56.6 Å². The van der Waals surface area contributed by atoms with E-state index in [4.69, 9.17) is 5.11 Å². The van der Waals surface area contributed by atoms with Gasteiger partial charge >= 0.3 is 5.97 Å². The van der Waals surface area contributed by atoms with Crippen molar-refractivity contribution in [2.75, 3.05) is 11.1 Å². The molecule has 1 heterocycles. The van der Waals surface area contributed by atoms with Crippen molar-refractivity contribution in [3.05, 3.63) is 39.8 Å². The third kappa shape index (κ3) is 5.14. The number of para-hydroxylation sites is 1. The van der Waals surface area contributed by atoms with E-state index < -0.39 is 5.97 Å². The van der Waals surface area contributed by atoms with Crippen LogP contribution in [-0.2, 0) is 16.0 Å². The minimum absolute atomic E-state index is 0.0970. The second-order valence-corrected chi connectivity index (χ2v) is 6.93. The molecule has 0 bridgehead atoms. The van der Waals surface area contributed by atoms with Crippen molar-refractivity contribution in [1.29, 1.82) is 0 Å². The summed E-state index contributed by atoms with van der Waals surface area (Å²) in [5.41, 5.74) is 1.23. The van der Waals surface area contributed by atoms with Crippen LogP contribution < -0.4 is 5.32 Å². The number of amides is 1. The number of nitrogens with one attached hydrogen (secondary N) is 1. The van der Waals surface area contributed by atoms with E-state index in [0.717, 1.165) is 4.47 Å². The Kier molecular flexibility index (Phi) is 5.77. The van der Waals surface area contributed by atoms with Gasteiger partial charge in [-0.3, -0.25) is 9.59 Å². The molecule has 0 fully saturated rings. The standard InChI is InChI=1S/C13H11BrN2O3S2/c14-9-3-1-2-4-10(9)16-11(17)7-21-13-15-8(6-20-13)5-12(18)19/h1-4,6H,5,7H2,(H,16,17)(H,18,19). The fourth-order valence-electron chi connectivity index (χ4n) is 1.47. The summed E-state index contributed by atoms with van der Waals surface area (Å²) in [5.74, 6) is -0.827. The lowest BCUT2D eigenvalue weighted by Crippen LogP contribution is -2.14. The Balaban J connectivity index is 1.85. The van der Waals surface area contributed by atoms with Gasteiger partial charge in [0.15, 0.2) is 4.34 Å². The molecule has 0 saturated heterocycles. The second kappa shape index (κ2) is 7.58. The monoisotopic (exact) mass is 386 g/mol. The molecule has 0 aliphatic rings. The lowest BCUT2D eigenvalue weighted by molar-refractivity contribution is -0.136. The van der Waals surface area contributed by atoms with Gasteiger partial charge in [-0.15, -0.1) is 11.3 Å². The zero-order valence-electron chi connectivity index (χ0n) is 10.7. The molecule has 1 aromatic heterocycles. The highest BCUT2D eigenvalue weighted by atomic mass is 79.9. The molecule has 1 amide bonds. The summed E-state index contributed by atoms with van der Waals surface area (Å²) in [4.78, 5) is 26.6. The normalized spacial score (nSPS) is 10.3. The number of nitrogens with zero attached hydrogens (tertiary/aromatic N) is 1. The van der Waals surface area contributed by atoms with Crippen LogP contribution in [0.4, 0.5) is 5.69 Å². The highest BCUT2D eigenvalue weighted by molar-refractivity contribution is 9.10. The van der Waals surface area contributed by atoms with Crippen LogP contribution in [0.5, 0.6) is 0 Å². The Labute approximate surface area is 137 Å². The molecule has 2 rings (SSSR count). The number of aliphatic carboxylic acids is 1. The molecule has 0 saturated carbocycles. The summed E-state index contributed by atoms with van der Waals surface area (Å²) < 4.78 is 1.51. The summed E-state index contributed by atoms with van der Waals surface area (Å²) in [7, 11) is 0. The number of carboxylic acid groups (broad SMARTS) is 1. The average Bonchev–Trinajstić information content (AvgIpc) is 2.86. The molecule has 110 valence electrons. The van der Waals surface area contributed by atoms with Gasteiger partial charge in [-0.1, -0.05) is 23.9 Å². The Hall–Kier alpha value is -1.38. The number of hydrogen-bond donors (Lipinski definition) is 2. The summed E-state index contributed by atoms with van der Waals surface area (Å²) in [6.07, 6.45) is -0.0970. The van der Waals surface area contributed by atoms with Crippen molar-refractivity contribution < 1.29 is 14.7 Å². The number of carbonyl (C=O) groups is 2. The van der Waals surface area contributed by atoms with Gasteiger partial charge in [0.25, 0.3) is 0 Å². The number of aromatic nitrogens is 1. The molecule has 8 heteroatoms. The van der Waals surface area contributed by atoms with E-state index in [0.29, 0.717) is 15.7 Å². The summed E-state index contributed by atoms with van der Waals surface area (Å²) in [6, 6.07) is 7.36. The zero-order valence-corrected chi connectivity index (χ0v) is 13.9. The fourth-order valence-corrected chi connectivity index (χ4v) is 3.50. The topological polar surface area (TPSA) is 79.3 Å². The third-order valence-electron chi connectivity index (χ3n) is 2.34. The predicted molar refractivity (Wildman–Crippen MR) is 86.9 cm³/mol. The van der Waals surface area contributed by atoms with Crippen LogP contribution in [-0.4, -0.2) is 27.7 Å². The maximum absolute atomic E-state index is 11.9. The van der Waals surface area contributed by atoms with Gasteiger partial charge in [0, 0.05) is 9.85 Å². The number of thiazole rings is 1. The smallest absolute Gasteiger partial charge is 0.309 e. The molecule has 0 unspecified atom stereocenters. The lowest BCUT2D eigenvalue weighted by Gasteiger charge is -2.05. The number of rotatable bonds is 6. The van der Waals surface area contributed by atoms with Crippen molar-refractivity contribution in [1.82, 2.24) is 4.98 Å². The Morgan fingerprint density at radius 1 is 1.38 bits per heavy atom. The van der Waals surface area contributed by atoms with E-state index in [1.807, 2.05) is 18.2 Å². The number of benzene rings is 1. The number of carboxylic acids is 1. The van der Waals surface area contributed by atoms with E-state index in [9.17, 15) is 9.59 Å². The van der Waals surface area contributed by atoms with Crippen molar-refractivity contribution in [2.45, 2.75) is 10.8 Å². The first-order valence-corrected chi connectivity index (χ1v) is 8.54. The van der Waals surface area contributed by atoms with E-state index in [1.54, 1.807) is 11.4 Å². The van der Waals surface area contributed by atoms with Gasteiger partial charge in [0.2, 0.25) is 5.91 Å². The first kappa shape index (κ1) is 16.0. The Bertz CT molecular complexity index is 660. The number of thioether (sulfide) groups is 1. The Morgan fingerprint density at radius 3 is 2.86 bits per heavy atom. The number of carbonyl (C=O) groups excluding carboxylic acids is 1. The molecule has 5 nitrogen and oxygen atoms in total. The molecule has 2 N–H and O–H groups in total. The molecule has 0 aliphatic carbocycles. The average molecular weight is 387 g/mol. The van der Waals surface area contributed by atoms with Crippen LogP contribution in [0, 0.1) is 0 Å². The lowest BCUT2D eigenvalue weighted by atomic mass is 10.3. The van der Waals surface area contributed by atoms with Crippen LogP contribution >= 0.6 is 39.0 Å².